The van der Waals surface area contributed by atoms with Gasteiger partial charge in [0.1, 0.15) is 18.3 Å². The van der Waals surface area contributed by atoms with Gasteiger partial charge in [0.05, 0.1) is 17.7 Å². The number of rotatable bonds is 11. The van der Waals surface area contributed by atoms with Gasteiger partial charge in [-0.25, -0.2) is 8.42 Å². The van der Waals surface area contributed by atoms with Crippen LogP contribution in [0.4, 0.5) is 5.69 Å². The van der Waals surface area contributed by atoms with Crippen LogP contribution in [0.2, 0.25) is 5.02 Å². The van der Waals surface area contributed by atoms with Crippen molar-refractivity contribution in [2.24, 2.45) is 0 Å². The number of amides is 2. The monoisotopic (exact) mass is 625 g/mol. The number of aryl methyl sites for hydroxylation is 2. The van der Waals surface area contributed by atoms with Gasteiger partial charge in [0, 0.05) is 17.6 Å². The highest BCUT2D eigenvalue weighted by molar-refractivity contribution is 7.92. The van der Waals surface area contributed by atoms with Gasteiger partial charge in [-0.2, -0.15) is 0 Å². The quantitative estimate of drug-likeness (QED) is 0.281. The third-order valence-electron chi connectivity index (χ3n) is 8.02. The van der Waals surface area contributed by atoms with Gasteiger partial charge in [-0.1, -0.05) is 72.8 Å². The lowest BCUT2D eigenvalue weighted by Crippen LogP contribution is -2.53. The number of sulfonamides is 1. The number of ether oxygens (including phenoxy) is 1. The molecule has 2 amide bonds. The molecule has 0 aliphatic heterocycles. The molecule has 3 aromatic rings. The molecular weight excluding hydrogens is 586 g/mol. The first-order valence-electron chi connectivity index (χ1n) is 14.6. The van der Waals surface area contributed by atoms with Crippen molar-refractivity contribution >= 4 is 39.1 Å². The number of anilines is 1. The first kappa shape index (κ1) is 32.4. The Bertz CT molecular complexity index is 1540. The molecule has 0 saturated heterocycles. The molecule has 1 fully saturated rings. The van der Waals surface area contributed by atoms with Crippen molar-refractivity contribution in [2.75, 3.05) is 18.0 Å². The Kier molecular flexibility index (Phi) is 10.7. The highest BCUT2D eigenvalue weighted by atomic mass is 35.5. The molecule has 4 rings (SSSR count). The van der Waals surface area contributed by atoms with Crippen LogP contribution >= 0.6 is 11.6 Å². The van der Waals surface area contributed by atoms with Crippen LogP contribution in [0.25, 0.3) is 0 Å². The topological polar surface area (TPSA) is 96.0 Å². The lowest BCUT2D eigenvalue weighted by Gasteiger charge is -2.33. The van der Waals surface area contributed by atoms with Gasteiger partial charge in [-0.3, -0.25) is 13.9 Å². The summed E-state index contributed by atoms with van der Waals surface area (Å²) in [5, 5.41) is 3.41. The maximum atomic E-state index is 14.3. The van der Waals surface area contributed by atoms with Crippen LogP contribution in [-0.2, 0) is 26.2 Å². The molecule has 0 aromatic heterocycles. The second-order valence-corrected chi connectivity index (χ2v) is 13.4. The Morgan fingerprint density at radius 1 is 1.00 bits per heavy atom. The number of halogens is 1. The van der Waals surface area contributed by atoms with Crippen LogP contribution < -0.4 is 14.4 Å². The zero-order valence-corrected chi connectivity index (χ0v) is 26.7. The maximum Gasteiger partial charge on any atom is 0.264 e. The van der Waals surface area contributed by atoms with E-state index in [2.05, 4.69) is 5.32 Å². The standard InChI is InChI=1S/C33H40ClN3O5S/c1-23-14-17-29(18-15-23)43(40,41)37(30-20-27(34)16-19-31(30)42-4)22-32(38)36(21-26-11-9-8-10-24(26)2)25(3)33(39)35-28-12-6-5-7-13-28/h8-11,14-20,25,28H,5-7,12-13,21-22H2,1-4H3,(H,35,39)/t25-/m0/s1. The predicted octanol–water partition coefficient (Wildman–Crippen LogP) is 6.03. The number of benzene rings is 3. The van der Waals surface area contributed by atoms with Crippen LogP contribution in [-0.4, -0.2) is 50.9 Å². The van der Waals surface area contributed by atoms with Crippen molar-refractivity contribution in [3.63, 3.8) is 0 Å². The molecule has 1 saturated carbocycles. The van der Waals surface area contributed by atoms with E-state index < -0.39 is 28.5 Å². The minimum absolute atomic E-state index is 0.0153. The van der Waals surface area contributed by atoms with Crippen molar-refractivity contribution in [1.82, 2.24) is 10.2 Å². The predicted molar refractivity (Wildman–Crippen MR) is 170 cm³/mol. The maximum absolute atomic E-state index is 14.3. The molecule has 0 radical (unpaired) electrons. The molecule has 3 aromatic carbocycles. The second-order valence-electron chi connectivity index (χ2n) is 11.1. The van der Waals surface area contributed by atoms with Crippen LogP contribution in [0, 0.1) is 13.8 Å². The lowest BCUT2D eigenvalue weighted by atomic mass is 9.95. The van der Waals surface area contributed by atoms with Crippen molar-refractivity contribution in [3.8, 4) is 5.75 Å². The van der Waals surface area contributed by atoms with E-state index in [0.717, 1.165) is 53.1 Å². The summed E-state index contributed by atoms with van der Waals surface area (Å²) in [6, 6.07) is 17.9. The fraction of sp³-hybridized carbons (Fsp3) is 0.394. The first-order valence-corrected chi connectivity index (χ1v) is 16.4. The zero-order chi connectivity index (χ0) is 31.1. The average Bonchev–Trinajstić information content (AvgIpc) is 2.99. The molecule has 0 bridgehead atoms. The number of hydrogen-bond acceptors (Lipinski definition) is 5. The van der Waals surface area contributed by atoms with E-state index in [-0.39, 0.29) is 39.8 Å². The fourth-order valence-electron chi connectivity index (χ4n) is 5.33. The number of carbonyl (C=O) groups is 2. The number of nitrogens with one attached hydrogen (secondary N) is 1. The van der Waals surface area contributed by atoms with E-state index in [0.29, 0.717) is 0 Å². The molecule has 1 aliphatic rings. The zero-order valence-electron chi connectivity index (χ0n) is 25.2. The summed E-state index contributed by atoms with van der Waals surface area (Å²) in [4.78, 5) is 29.2. The number of methoxy groups -OCH3 is 1. The van der Waals surface area contributed by atoms with Crippen molar-refractivity contribution in [2.45, 2.75) is 76.4 Å². The van der Waals surface area contributed by atoms with Crippen LogP contribution in [0.1, 0.15) is 55.7 Å². The van der Waals surface area contributed by atoms with E-state index in [1.54, 1.807) is 31.2 Å². The first-order chi connectivity index (χ1) is 20.5. The van der Waals surface area contributed by atoms with E-state index in [1.165, 1.54) is 30.2 Å². The van der Waals surface area contributed by atoms with Gasteiger partial charge in [0.2, 0.25) is 11.8 Å². The molecule has 10 heteroatoms. The molecular formula is C33H40ClN3O5S. The van der Waals surface area contributed by atoms with Crippen LogP contribution in [0.15, 0.2) is 71.6 Å². The molecule has 230 valence electrons. The Labute approximate surface area is 260 Å². The second kappa shape index (κ2) is 14.3. The molecule has 8 nitrogen and oxygen atoms in total. The Morgan fingerprint density at radius 3 is 2.33 bits per heavy atom. The molecule has 0 spiro atoms. The highest BCUT2D eigenvalue weighted by Crippen LogP contribution is 2.35. The summed E-state index contributed by atoms with van der Waals surface area (Å²) >= 11 is 6.32. The Balaban J connectivity index is 1.74. The summed E-state index contributed by atoms with van der Waals surface area (Å²) in [6.45, 7) is 5.06. The summed E-state index contributed by atoms with van der Waals surface area (Å²) in [6.07, 6.45) is 5.07. The lowest BCUT2D eigenvalue weighted by molar-refractivity contribution is -0.139. The summed E-state index contributed by atoms with van der Waals surface area (Å²) < 4.78 is 34.8. The van der Waals surface area contributed by atoms with Gasteiger partial charge in [0.25, 0.3) is 10.0 Å². The van der Waals surface area contributed by atoms with E-state index >= 15 is 0 Å². The number of carbonyl (C=O) groups excluding carboxylic acids is 2. The smallest absolute Gasteiger partial charge is 0.264 e. The third-order valence-corrected chi connectivity index (χ3v) is 10.0. The highest BCUT2D eigenvalue weighted by Gasteiger charge is 2.34. The minimum Gasteiger partial charge on any atom is -0.495 e. The van der Waals surface area contributed by atoms with E-state index in [1.807, 2.05) is 38.1 Å². The molecule has 0 heterocycles. The SMILES string of the molecule is COc1ccc(Cl)cc1N(CC(=O)N(Cc1ccccc1C)[C@@H](C)C(=O)NC1CCCCC1)S(=O)(=O)c1ccc(C)cc1. The summed E-state index contributed by atoms with van der Waals surface area (Å²) in [7, 11) is -2.83. The van der Waals surface area contributed by atoms with Crippen molar-refractivity contribution in [3.05, 3.63) is 88.4 Å². The van der Waals surface area contributed by atoms with Gasteiger partial charge >= 0.3 is 0 Å². The number of hydrogen-bond donors (Lipinski definition) is 1. The minimum atomic E-state index is -4.25. The fourth-order valence-corrected chi connectivity index (χ4v) is 6.91. The van der Waals surface area contributed by atoms with Crippen LogP contribution in [0.3, 0.4) is 0 Å². The van der Waals surface area contributed by atoms with E-state index in [9.17, 15) is 18.0 Å². The summed E-state index contributed by atoms with van der Waals surface area (Å²) in [5.41, 5.74) is 2.84. The van der Waals surface area contributed by atoms with Crippen molar-refractivity contribution < 1.29 is 22.7 Å². The molecule has 1 aliphatic carbocycles. The van der Waals surface area contributed by atoms with Crippen molar-refractivity contribution in [1.29, 1.82) is 0 Å². The molecule has 1 N–H and O–H groups in total. The molecule has 0 unspecified atom stereocenters. The van der Waals surface area contributed by atoms with Gasteiger partial charge in [-0.15, -0.1) is 0 Å². The molecule has 43 heavy (non-hydrogen) atoms. The van der Waals surface area contributed by atoms with Gasteiger partial charge in [0.15, 0.2) is 0 Å². The third kappa shape index (κ3) is 7.89. The normalized spacial score (nSPS) is 14.5. The van der Waals surface area contributed by atoms with Gasteiger partial charge in [-0.05, 0) is 75.1 Å². The number of nitrogens with zero attached hydrogens (tertiary/aromatic N) is 2. The summed E-state index contributed by atoms with van der Waals surface area (Å²) in [5.74, 6) is -0.559. The average molecular weight is 626 g/mol. The van der Waals surface area contributed by atoms with E-state index in [4.69, 9.17) is 16.3 Å². The largest absolute Gasteiger partial charge is 0.495 e. The molecule has 1 atom stereocenters. The Morgan fingerprint density at radius 2 is 1.67 bits per heavy atom. The Hall–Kier alpha value is -3.56. The van der Waals surface area contributed by atoms with Gasteiger partial charge < -0.3 is 15.0 Å². The van der Waals surface area contributed by atoms with Crippen LogP contribution in [0.5, 0.6) is 5.75 Å².